The van der Waals surface area contributed by atoms with Crippen LogP contribution in [0.15, 0.2) is 59.2 Å². The van der Waals surface area contributed by atoms with Crippen molar-refractivity contribution in [3.05, 3.63) is 81.4 Å². The van der Waals surface area contributed by atoms with Crippen molar-refractivity contribution in [1.29, 1.82) is 0 Å². The van der Waals surface area contributed by atoms with Gasteiger partial charge in [-0.15, -0.1) is 0 Å². The Bertz CT molecular complexity index is 1810. The van der Waals surface area contributed by atoms with Crippen molar-refractivity contribution < 1.29 is 51.0 Å². The first kappa shape index (κ1) is 37.4. The Hall–Kier alpha value is -0.617. The number of halogens is 2. The topological polar surface area (TPSA) is 0 Å². The van der Waals surface area contributed by atoms with Crippen LogP contribution in [0.3, 0.4) is 0 Å². The van der Waals surface area contributed by atoms with Crippen LogP contribution in [-0.4, -0.2) is 0 Å². The van der Waals surface area contributed by atoms with Gasteiger partial charge in [-0.2, -0.15) is 0 Å². The van der Waals surface area contributed by atoms with Gasteiger partial charge in [-0.1, -0.05) is 60.5 Å². The molecule has 3 heteroatoms. The van der Waals surface area contributed by atoms with Crippen LogP contribution >= 0.6 is 0 Å². The minimum atomic E-state index is 0. The van der Waals surface area contributed by atoms with Crippen molar-refractivity contribution in [2.24, 2.45) is 64.1 Å². The molecule has 0 aromatic heterocycles. The van der Waals surface area contributed by atoms with Crippen LogP contribution < -0.4 is 24.8 Å². The molecule has 2 aromatic carbocycles. The summed E-state index contributed by atoms with van der Waals surface area (Å²) < 4.78 is 0. The zero-order chi connectivity index (χ0) is 33.8. The molecule has 1 atom stereocenters. The molecule has 0 aliphatic heterocycles. The molecule has 12 saturated carbocycles. The van der Waals surface area contributed by atoms with E-state index in [1.54, 1.807) is 52.6 Å². The van der Waals surface area contributed by atoms with Gasteiger partial charge in [-0.05, 0) is 243 Å². The second-order valence-electron chi connectivity index (χ2n) is 23.4. The maximum atomic E-state index is 2.90. The normalized spacial score (nSPS) is 47.9. The Morgan fingerprint density at radius 1 is 0.491 bits per heavy atom. The Balaban J connectivity index is 0.00000117. The second-order valence-corrected chi connectivity index (χ2v) is 23.4. The number of benzene rings is 2. The summed E-state index contributed by atoms with van der Waals surface area (Å²) in [6.07, 6.45) is 34.3. The summed E-state index contributed by atoms with van der Waals surface area (Å²) in [6, 6.07) is 16.6. The molecule has 2 aromatic rings. The zero-order valence-corrected chi connectivity index (χ0v) is 37.4. The molecule has 0 N–H and O–H groups in total. The van der Waals surface area contributed by atoms with Gasteiger partial charge in [0, 0.05) is 11.3 Å². The van der Waals surface area contributed by atoms with Crippen LogP contribution in [0, 0.1) is 64.1 Å². The minimum Gasteiger partial charge on any atom is -1.00 e. The van der Waals surface area contributed by atoms with Gasteiger partial charge in [0.25, 0.3) is 0 Å². The van der Waals surface area contributed by atoms with E-state index in [0.717, 1.165) is 53.3 Å². The van der Waals surface area contributed by atoms with E-state index in [0.29, 0.717) is 22.2 Å². The van der Waals surface area contributed by atoms with Crippen molar-refractivity contribution in [2.45, 2.75) is 159 Å². The van der Waals surface area contributed by atoms with Crippen LogP contribution in [0.25, 0.3) is 11.1 Å². The van der Waals surface area contributed by atoms with Gasteiger partial charge in [0.15, 0.2) is 0 Å². The summed E-state index contributed by atoms with van der Waals surface area (Å²) >= 11 is 0. The van der Waals surface area contributed by atoms with Gasteiger partial charge in [0.1, 0.15) is 0 Å². The van der Waals surface area contributed by atoms with Gasteiger partial charge in [-0.25, -0.2) is 0 Å². The Labute approximate surface area is 363 Å². The monoisotopic (exact) mass is 846 g/mol. The van der Waals surface area contributed by atoms with E-state index in [4.69, 9.17) is 0 Å². The minimum absolute atomic E-state index is 0. The number of fused-ring (bicyclic) bond motifs is 3. The summed E-state index contributed by atoms with van der Waals surface area (Å²) in [5.74, 6) is 9.63. The van der Waals surface area contributed by atoms with Gasteiger partial charge in [0.05, 0.1) is 0 Å². The number of rotatable bonds is 4. The number of hydrogen-bond acceptors (Lipinski definition) is 0. The first-order chi connectivity index (χ1) is 25.3. The van der Waals surface area contributed by atoms with Crippen molar-refractivity contribution in [2.75, 3.05) is 0 Å². The molecule has 0 amide bonds. The molecule has 288 valence electrons. The molecule has 0 spiro atoms. The van der Waals surface area contributed by atoms with Crippen molar-refractivity contribution in [1.82, 2.24) is 0 Å². The molecule has 12 fully saturated rings. The average Bonchev–Trinajstić information content (AvgIpc) is 3.78. The summed E-state index contributed by atoms with van der Waals surface area (Å²) in [4.78, 5) is 0. The molecular formula is C52H62Cl2Zr. The maximum absolute atomic E-state index is 2.90. The Morgan fingerprint density at radius 3 is 1.24 bits per heavy atom. The number of hydrogen-bond donors (Lipinski definition) is 0. The third kappa shape index (κ3) is 5.09. The predicted molar refractivity (Wildman–Crippen MR) is 211 cm³/mol. The molecule has 0 heterocycles. The van der Waals surface area contributed by atoms with E-state index in [2.05, 4.69) is 49.4 Å². The van der Waals surface area contributed by atoms with Crippen molar-refractivity contribution in [3.63, 3.8) is 0 Å². The molecule has 15 aliphatic carbocycles. The quantitative estimate of drug-likeness (QED) is 0.302. The van der Waals surface area contributed by atoms with E-state index < -0.39 is 0 Å². The van der Waals surface area contributed by atoms with Crippen LogP contribution in [0.1, 0.15) is 170 Å². The fourth-order valence-electron chi connectivity index (χ4n) is 19.7. The molecule has 17 rings (SSSR count). The molecule has 0 saturated heterocycles. The van der Waals surface area contributed by atoms with E-state index in [1.165, 1.54) is 116 Å². The molecule has 0 radical (unpaired) electrons. The summed E-state index contributed by atoms with van der Waals surface area (Å²) in [5, 5.41) is 0. The van der Waals surface area contributed by atoms with Crippen LogP contribution in [0.2, 0.25) is 0 Å². The molecular weight excluding hydrogens is 787 g/mol. The molecule has 1 unspecified atom stereocenters. The molecule has 12 bridgehead atoms. The summed E-state index contributed by atoms with van der Waals surface area (Å²) in [5.41, 5.74) is 17.6. The first-order valence-electron chi connectivity index (χ1n) is 23.0. The molecule has 15 aliphatic rings. The van der Waals surface area contributed by atoms with Crippen LogP contribution in [-0.2, 0) is 37.0 Å². The fourth-order valence-corrected chi connectivity index (χ4v) is 19.7. The molecule has 0 nitrogen and oxygen atoms in total. The van der Waals surface area contributed by atoms with E-state index in [-0.39, 0.29) is 56.4 Å². The Kier molecular flexibility index (Phi) is 8.48. The molecule has 55 heavy (non-hydrogen) atoms. The smallest absolute Gasteiger partial charge is 1.00 e. The Morgan fingerprint density at radius 2 is 0.855 bits per heavy atom. The third-order valence-corrected chi connectivity index (χ3v) is 20.3. The van der Waals surface area contributed by atoms with Gasteiger partial charge in [0.2, 0.25) is 0 Å². The van der Waals surface area contributed by atoms with E-state index >= 15 is 0 Å². The average molecular weight is 849 g/mol. The second kappa shape index (κ2) is 12.5. The van der Waals surface area contributed by atoms with E-state index in [1.807, 2.05) is 16.7 Å². The standard InChI is InChI=1S/C52H62.2ClH.Zr/c1-49(7-6-39-17-42(20-47(39)49)52-27-36-14-37(28-52)16-38(15-36)29-52)48-43-4-2-40(50-21-30-8-31(22-50)10-32(9-30)23-50)18-45(43)46-19-41(3-5-44(46)48)51-24-33-11-34(25-51)13-35(12-33)26-51;;;/h2-5,18-20,30-38,48H,6-17,21-29H2,1H3;2*1H;/q;;;+2/p-2. The van der Waals surface area contributed by atoms with Crippen molar-refractivity contribution >= 4 is 0 Å². The predicted octanol–water partition coefficient (Wildman–Crippen LogP) is 7.38. The zero-order valence-electron chi connectivity index (χ0n) is 33.4. The van der Waals surface area contributed by atoms with Crippen LogP contribution in [0.5, 0.6) is 0 Å². The van der Waals surface area contributed by atoms with E-state index in [9.17, 15) is 0 Å². The third-order valence-electron chi connectivity index (χ3n) is 20.3. The van der Waals surface area contributed by atoms with Gasteiger partial charge >= 0.3 is 26.2 Å². The maximum Gasteiger partial charge on any atom is 2.00 e. The fraction of sp³-hybridized carbons (Fsp3) is 0.692. The van der Waals surface area contributed by atoms with Crippen LogP contribution in [0.4, 0.5) is 0 Å². The number of allylic oxidation sites excluding steroid dienone is 4. The van der Waals surface area contributed by atoms with Crippen molar-refractivity contribution in [3.8, 4) is 11.1 Å². The SMILES string of the molecule is CC1(C2c3ccc(C45CC6CC(CC(C6)C4)C5)cc3-c3cc(C45CC6CC(CC(C6)C4)C5)ccc32)CCC2=C1C=C(C13CC4CC(CC(C4)C1)C3)C2.[Cl-].[Cl-].[Zr+2]. The first-order valence-corrected chi connectivity index (χ1v) is 23.0. The summed E-state index contributed by atoms with van der Waals surface area (Å²) in [7, 11) is 0. The van der Waals surface area contributed by atoms with Gasteiger partial charge < -0.3 is 24.8 Å². The summed E-state index contributed by atoms with van der Waals surface area (Å²) in [6.45, 7) is 2.75. The van der Waals surface area contributed by atoms with Gasteiger partial charge in [-0.3, -0.25) is 0 Å². The largest absolute Gasteiger partial charge is 2.00 e.